The van der Waals surface area contributed by atoms with Crippen LogP contribution in [-0.2, 0) is 0 Å². The SMILES string of the molecule is CC1CCCCCN1C(CN)CO. The van der Waals surface area contributed by atoms with E-state index < -0.39 is 0 Å². The Balaban J connectivity index is 2.51. The van der Waals surface area contributed by atoms with Crippen molar-refractivity contribution < 1.29 is 5.11 Å². The van der Waals surface area contributed by atoms with Crippen LogP contribution in [0.4, 0.5) is 0 Å². The minimum absolute atomic E-state index is 0.174. The molecule has 0 saturated carbocycles. The lowest BCUT2D eigenvalue weighted by Crippen LogP contribution is -2.47. The largest absolute Gasteiger partial charge is 0.395 e. The van der Waals surface area contributed by atoms with Crippen molar-refractivity contribution >= 4 is 0 Å². The molecule has 3 N–H and O–H groups in total. The van der Waals surface area contributed by atoms with Gasteiger partial charge in [0.2, 0.25) is 0 Å². The van der Waals surface area contributed by atoms with E-state index in [9.17, 15) is 0 Å². The van der Waals surface area contributed by atoms with Crippen molar-refractivity contribution in [2.24, 2.45) is 5.73 Å². The Kier molecular flexibility index (Phi) is 4.70. The standard InChI is InChI=1S/C10H22N2O/c1-9-5-3-2-4-6-12(9)10(7-11)8-13/h9-10,13H,2-8,11H2,1H3. The van der Waals surface area contributed by atoms with E-state index in [1.54, 1.807) is 0 Å². The highest BCUT2D eigenvalue weighted by Crippen LogP contribution is 2.18. The topological polar surface area (TPSA) is 49.5 Å². The predicted molar refractivity (Wildman–Crippen MR) is 54.6 cm³/mol. The Bertz CT molecular complexity index is 137. The van der Waals surface area contributed by atoms with Crippen molar-refractivity contribution in [3.8, 4) is 0 Å². The first kappa shape index (κ1) is 11.0. The second-order valence-electron chi connectivity index (χ2n) is 4.01. The Morgan fingerprint density at radius 3 is 2.85 bits per heavy atom. The van der Waals surface area contributed by atoms with E-state index in [4.69, 9.17) is 10.8 Å². The van der Waals surface area contributed by atoms with E-state index in [1.807, 2.05) is 0 Å². The number of hydrogen-bond acceptors (Lipinski definition) is 3. The van der Waals surface area contributed by atoms with E-state index in [0.717, 1.165) is 6.54 Å². The van der Waals surface area contributed by atoms with Gasteiger partial charge in [-0.3, -0.25) is 4.90 Å². The average Bonchev–Trinajstić information content (AvgIpc) is 2.34. The second kappa shape index (κ2) is 5.58. The fourth-order valence-corrected chi connectivity index (χ4v) is 2.15. The maximum absolute atomic E-state index is 9.17. The summed E-state index contributed by atoms with van der Waals surface area (Å²) in [5.41, 5.74) is 5.63. The smallest absolute Gasteiger partial charge is 0.0599 e. The number of aliphatic hydroxyl groups is 1. The molecule has 0 aliphatic carbocycles. The number of nitrogens with zero attached hydrogens (tertiary/aromatic N) is 1. The molecule has 2 atom stereocenters. The number of aliphatic hydroxyl groups excluding tert-OH is 1. The molecule has 1 fully saturated rings. The van der Waals surface area contributed by atoms with Gasteiger partial charge in [0.15, 0.2) is 0 Å². The third kappa shape index (κ3) is 2.93. The highest BCUT2D eigenvalue weighted by Gasteiger charge is 2.22. The molecule has 2 unspecified atom stereocenters. The normalized spacial score (nSPS) is 28.4. The molecule has 3 heteroatoms. The maximum atomic E-state index is 9.17. The third-order valence-electron chi connectivity index (χ3n) is 3.06. The molecule has 0 bridgehead atoms. The Morgan fingerprint density at radius 2 is 2.23 bits per heavy atom. The summed E-state index contributed by atoms with van der Waals surface area (Å²) in [5, 5.41) is 9.17. The molecule has 13 heavy (non-hydrogen) atoms. The third-order valence-corrected chi connectivity index (χ3v) is 3.06. The summed E-state index contributed by atoms with van der Waals surface area (Å²) in [6.07, 6.45) is 5.14. The van der Waals surface area contributed by atoms with E-state index in [2.05, 4.69) is 11.8 Å². The van der Waals surface area contributed by atoms with Crippen LogP contribution in [0.3, 0.4) is 0 Å². The van der Waals surface area contributed by atoms with Gasteiger partial charge < -0.3 is 10.8 Å². The summed E-state index contributed by atoms with van der Waals surface area (Å²) < 4.78 is 0. The number of likely N-dealkylation sites (tertiary alicyclic amines) is 1. The Labute approximate surface area is 80.9 Å². The van der Waals surface area contributed by atoms with Crippen LogP contribution in [0.2, 0.25) is 0 Å². The zero-order chi connectivity index (χ0) is 9.68. The molecule has 0 aromatic carbocycles. The van der Waals surface area contributed by atoms with Gasteiger partial charge in [-0.15, -0.1) is 0 Å². The van der Waals surface area contributed by atoms with Gasteiger partial charge in [0.1, 0.15) is 0 Å². The molecule has 3 nitrogen and oxygen atoms in total. The first-order valence-electron chi connectivity index (χ1n) is 5.36. The molecular weight excluding hydrogens is 164 g/mol. The zero-order valence-corrected chi connectivity index (χ0v) is 8.58. The highest BCUT2D eigenvalue weighted by molar-refractivity contribution is 4.79. The van der Waals surface area contributed by atoms with E-state index >= 15 is 0 Å². The van der Waals surface area contributed by atoms with Crippen LogP contribution in [0.25, 0.3) is 0 Å². The van der Waals surface area contributed by atoms with E-state index in [-0.39, 0.29) is 12.6 Å². The van der Waals surface area contributed by atoms with Gasteiger partial charge in [-0.05, 0) is 26.3 Å². The summed E-state index contributed by atoms with van der Waals surface area (Å²) in [4.78, 5) is 2.37. The molecule has 78 valence electrons. The molecule has 0 spiro atoms. The van der Waals surface area contributed by atoms with Crippen LogP contribution >= 0.6 is 0 Å². The lowest BCUT2D eigenvalue weighted by atomic mass is 10.1. The Morgan fingerprint density at radius 1 is 1.46 bits per heavy atom. The van der Waals surface area contributed by atoms with Crippen LogP contribution < -0.4 is 5.73 Å². The number of nitrogens with two attached hydrogens (primary N) is 1. The van der Waals surface area contributed by atoms with Crippen molar-refractivity contribution in [2.75, 3.05) is 19.7 Å². The monoisotopic (exact) mass is 186 g/mol. The Hall–Kier alpha value is -0.120. The van der Waals surface area contributed by atoms with Gasteiger partial charge in [-0.2, -0.15) is 0 Å². The van der Waals surface area contributed by atoms with Gasteiger partial charge in [0.25, 0.3) is 0 Å². The van der Waals surface area contributed by atoms with E-state index in [0.29, 0.717) is 12.6 Å². The van der Waals surface area contributed by atoms with Crippen LogP contribution in [0, 0.1) is 0 Å². The van der Waals surface area contributed by atoms with Crippen molar-refractivity contribution in [3.63, 3.8) is 0 Å². The first-order chi connectivity index (χ1) is 6.29. The van der Waals surface area contributed by atoms with Gasteiger partial charge in [-0.1, -0.05) is 12.8 Å². The lowest BCUT2D eigenvalue weighted by Gasteiger charge is -2.33. The van der Waals surface area contributed by atoms with E-state index in [1.165, 1.54) is 25.7 Å². The van der Waals surface area contributed by atoms with Crippen molar-refractivity contribution in [2.45, 2.75) is 44.7 Å². The molecule has 0 amide bonds. The van der Waals surface area contributed by atoms with Gasteiger partial charge in [0, 0.05) is 18.6 Å². The quantitative estimate of drug-likeness (QED) is 0.677. The number of hydrogen-bond donors (Lipinski definition) is 2. The fraction of sp³-hybridized carbons (Fsp3) is 1.00. The second-order valence-corrected chi connectivity index (χ2v) is 4.01. The van der Waals surface area contributed by atoms with Gasteiger partial charge in [-0.25, -0.2) is 0 Å². The molecule has 1 aliphatic heterocycles. The minimum Gasteiger partial charge on any atom is -0.395 e. The molecule has 1 rings (SSSR count). The average molecular weight is 186 g/mol. The molecule has 0 radical (unpaired) electrons. The van der Waals surface area contributed by atoms with Crippen LogP contribution in [-0.4, -0.2) is 41.8 Å². The summed E-state index contributed by atoms with van der Waals surface area (Å²) >= 11 is 0. The molecular formula is C10H22N2O. The minimum atomic E-state index is 0.174. The summed E-state index contributed by atoms with van der Waals surface area (Å²) in [5.74, 6) is 0. The van der Waals surface area contributed by atoms with Crippen molar-refractivity contribution in [1.82, 2.24) is 4.90 Å². The molecule has 1 heterocycles. The zero-order valence-electron chi connectivity index (χ0n) is 8.58. The molecule has 1 saturated heterocycles. The molecule has 0 aromatic rings. The van der Waals surface area contributed by atoms with Crippen molar-refractivity contribution in [3.05, 3.63) is 0 Å². The summed E-state index contributed by atoms with van der Waals surface area (Å²) in [7, 11) is 0. The van der Waals surface area contributed by atoms with Crippen LogP contribution in [0.5, 0.6) is 0 Å². The van der Waals surface area contributed by atoms with Crippen LogP contribution in [0.1, 0.15) is 32.6 Å². The fourth-order valence-electron chi connectivity index (χ4n) is 2.15. The summed E-state index contributed by atoms with van der Waals surface area (Å²) in [6, 6.07) is 0.760. The maximum Gasteiger partial charge on any atom is 0.0599 e. The lowest BCUT2D eigenvalue weighted by molar-refractivity contribution is 0.0962. The highest BCUT2D eigenvalue weighted by atomic mass is 16.3. The van der Waals surface area contributed by atoms with Crippen LogP contribution in [0.15, 0.2) is 0 Å². The van der Waals surface area contributed by atoms with Gasteiger partial charge >= 0.3 is 0 Å². The molecule has 1 aliphatic rings. The summed E-state index contributed by atoms with van der Waals surface area (Å²) in [6.45, 7) is 4.11. The first-order valence-corrected chi connectivity index (χ1v) is 5.36. The van der Waals surface area contributed by atoms with Gasteiger partial charge in [0.05, 0.1) is 6.61 Å². The number of rotatable bonds is 3. The predicted octanol–water partition coefficient (Wildman–Crippen LogP) is 0.571. The van der Waals surface area contributed by atoms with Crippen molar-refractivity contribution in [1.29, 1.82) is 0 Å². The molecule has 0 aromatic heterocycles.